The molecule has 1 fully saturated rings. The zero-order chi connectivity index (χ0) is 44.9. The van der Waals surface area contributed by atoms with E-state index < -0.39 is 44.5 Å². The minimum atomic E-state index is -4.45. The third-order valence-corrected chi connectivity index (χ3v) is 11.2. The molecule has 0 radical (unpaired) electrons. The number of carbonyl (C=O) groups excluding carboxylic acids is 3. The average Bonchev–Trinajstić information content (AvgIpc) is 3.81. The Morgan fingerprint density at radius 3 is 1.90 bits per heavy atom. The van der Waals surface area contributed by atoms with Crippen LogP contribution in [-0.2, 0) is 26.0 Å². The van der Waals surface area contributed by atoms with E-state index in [9.17, 15) is 22.8 Å². The van der Waals surface area contributed by atoms with Crippen LogP contribution in [0, 0.1) is 107 Å². The largest absolute Gasteiger partial charge is 0.404 e. The topological polar surface area (TPSA) is 116 Å². The van der Waals surface area contributed by atoms with E-state index in [4.69, 9.17) is 57.6 Å². The van der Waals surface area contributed by atoms with Crippen LogP contribution in [0.4, 0.5) is 27.5 Å². The van der Waals surface area contributed by atoms with Gasteiger partial charge in [0.1, 0.15) is 6.11 Å². The Kier molecular flexibility index (Phi) is 14.5. The predicted molar refractivity (Wildman–Crippen MR) is 243 cm³/mol. The summed E-state index contributed by atoms with van der Waals surface area (Å²) in [4.78, 5) is 46.4. The average molecular weight is 923 g/mol. The first-order valence-corrected chi connectivity index (χ1v) is 20.7. The molecule has 2 aliphatic heterocycles. The highest BCUT2D eigenvalue weighted by Gasteiger charge is 2.54. The van der Waals surface area contributed by atoms with E-state index >= 15 is 0 Å². The molecule has 4 aromatic rings. The molecule has 0 bridgehead atoms. The third kappa shape index (κ3) is 10.5. The van der Waals surface area contributed by atoms with Crippen LogP contribution in [-0.4, -0.2) is 38.8 Å². The van der Waals surface area contributed by atoms with Crippen molar-refractivity contribution in [3.05, 3.63) is 105 Å². The number of imide groups is 1. The van der Waals surface area contributed by atoms with Crippen molar-refractivity contribution in [1.29, 1.82) is 0 Å². The smallest absolute Gasteiger partial charge is 0.337 e. The number of anilines is 4. The molecule has 0 aliphatic carbocycles. The number of terminal acetylenes is 1. The molecule has 63 heavy (non-hydrogen) atoms. The fourth-order valence-corrected chi connectivity index (χ4v) is 7.83. The number of nitrogens with zero attached hydrogens (tertiary/aromatic N) is 3. The number of urea groups is 1. The molecular weight excluding hydrogens is 902 g/mol. The molecular formula is C48H20Cl4N4O6S. The lowest BCUT2D eigenvalue weighted by Gasteiger charge is -2.26. The summed E-state index contributed by atoms with van der Waals surface area (Å²) >= 11 is 25.4. The van der Waals surface area contributed by atoms with Crippen molar-refractivity contribution < 1.29 is 27.5 Å². The molecule has 15 heteroatoms. The highest BCUT2D eigenvalue weighted by molar-refractivity contribution is 7.92. The van der Waals surface area contributed by atoms with Gasteiger partial charge in [-0.05, 0) is 108 Å². The van der Waals surface area contributed by atoms with Gasteiger partial charge in [0.25, 0.3) is 21.8 Å². The second-order valence-electron chi connectivity index (χ2n) is 12.3. The Bertz CT molecular complexity index is 3320. The third-order valence-electron chi connectivity index (χ3n) is 8.51. The van der Waals surface area contributed by atoms with Gasteiger partial charge in [-0.15, -0.1) is 6.42 Å². The van der Waals surface area contributed by atoms with Crippen LogP contribution in [0.2, 0.25) is 20.1 Å². The van der Waals surface area contributed by atoms with Crippen molar-refractivity contribution in [2.24, 2.45) is 0 Å². The molecule has 1 saturated heterocycles. The van der Waals surface area contributed by atoms with Gasteiger partial charge in [0.2, 0.25) is 0 Å². The lowest BCUT2D eigenvalue weighted by Crippen LogP contribution is -2.49. The van der Waals surface area contributed by atoms with Crippen molar-refractivity contribution in [3.63, 3.8) is 0 Å². The van der Waals surface area contributed by atoms with E-state index in [1.165, 1.54) is 35.2 Å². The maximum Gasteiger partial charge on any atom is 0.337 e. The molecule has 2 heterocycles. The molecule has 4 aromatic carbocycles. The number of halogens is 4. The summed E-state index contributed by atoms with van der Waals surface area (Å²) < 4.78 is 35.6. The van der Waals surface area contributed by atoms with Gasteiger partial charge in [-0.1, -0.05) is 76.7 Å². The van der Waals surface area contributed by atoms with E-state index in [1.54, 1.807) is 24.3 Å². The number of fused-ring (bicyclic) bond motifs is 1. The first kappa shape index (κ1) is 44.6. The van der Waals surface area contributed by atoms with Gasteiger partial charge in [-0.25, -0.2) is 18.1 Å². The number of hydrogen-bond donors (Lipinski definition) is 1. The zero-order valence-electron chi connectivity index (χ0n) is 31.8. The van der Waals surface area contributed by atoms with Crippen LogP contribution in [0.1, 0.15) is 5.56 Å². The maximum atomic E-state index is 14.7. The quantitative estimate of drug-likeness (QED) is 0.0922. The van der Waals surface area contributed by atoms with Gasteiger partial charge >= 0.3 is 6.03 Å². The van der Waals surface area contributed by atoms with Gasteiger partial charge in [-0.2, -0.15) is 0 Å². The maximum absolute atomic E-state index is 14.7. The number of hydrogen-bond acceptors (Lipinski definition) is 6. The normalized spacial score (nSPS) is 12.9. The van der Waals surface area contributed by atoms with Crippen LogP contribution in [0.3, 0.4) is 0 Å². The van der Waals surface area contributed by atoms with Gasteiger partial charge in [0, 0.05) is 59.6 Å². The van der Waals surface area contributed by atoms with Crippen LogP contribution in [0.5, 0.6) is 5.75 Å². The van der Waals surface area contributed by atoms with Crippen molar-refractivity contribution >= 4 is 97.0 Å². The Hall–Kier alpha value is -7.96. The first-order valence-electron chi connectivity index (χ1n) is 17.7. The second-order valence-corrected chi connectivity index (χ2v) is 15.6. The van der Waals surface area contributed by atoms with Crippen molar-refractivity contribution in [2.75, 3.05) is 26.0 Å². The molecule has 1 unspecified atom stereocenters. The minimum Gasteiger partial charge on any atom is -0.404 e. The fraction of sp³-hybridized carbons (Fsp3) is 0.0625. The Labute approximate surface area is 383 Å². The number of ether oxygens (including phenoxy) is 1. The number of rotatable bonds is 7. The molecule has 4 amide bonds. The molecule has 0 spiro atoms. The number of para-hydroxylation sites is 2. The molecule has 6 rings (SSSR count). The Morgan fingerprint density at radius 1 is 0.667 bits per heavy atom. The molecule has 0 saturated carbocycles. The summed E-state index contributed by atoms with van der Waals surface area (Å²) in [5.41, 5.74) is 0.915. The van der Waals surface area contributed by atoms with Crippen LogP contribution in [0.25, 0.3) is 0 Å². The van der Waals surface area contributed by atoms with E-state index in [0.29, 0.717) is 17.0 Å². The fourth-order valence-electron chi connectivity index (χ4n) is 5.86. The zero-order valence-corrected chi connectivity index (χ0v) is 35.6. The summed E-state index contributed by atoms with van der Waals surface area (Å²) in [5.74, 6) is 36.6. The predicted octanol–water partition coefficient (Wildman–Crippen LogP) is 7.03. The summed E-state index contributed by atoms with van der Waals surface area (Å²) in [6, 6.07) is 16.1. The Morgan fingerprint density at radius 2 is 1.25 bits per heavy atom. The van der Waals surface area contributed by atoms with Crippen molar-refractivity contribution in [2.45, 2.75) is 17.4 Å². The monoisotopic (exact) mass is 920 g/mol. The van der Waals surface area contributed by atoms with Gasteiger partial charge < -0.3 is 9.64 Å². The van der Waals surface area contributed by atoms with Crippen LogP contribution >= 0.6 is 46.4 Å². The molecule has 302 valence electrons. The van der Waals surface area contributed by atoms with Crippen molar-refractivity contribution in [1.82, 2.24) is 0 Å². The van der Waals surface area contributed by atoms with Gasteiger partial charge in [0.15, 0.2) is 11.8 Å². The second kappa shape index (κ2) is 20.5. The van der Waals surface area contributed by atoms with Gasteiger partial charge in [-0.3, -0.25) is 19.2 Å². The number of benzene rings is 4. The molecule has 0 aromatic heterocycles. The van der Waals surface area contributed by atoms with Gasteiger partial charge in [0.05, 0.1) is 42.0 Å². The highest BCUT2D eigenvalue weighted by atomic mass is 35.5. The number of amides is 4. The summed E-state index contributed by atoms with van der Waals surface area (Å²) in [6.45, 7) is 0.202. The van der Waals surface area contributed by atoms with Crippen molar-refractivity contribution in [3.8, 4) is 113 Å². The highest BCUT2D eigenvalue weighted by Crippen LogP contribution is 2.43. The van der Waals surface area contributed by atoms with E-state index in [2.05, 4.69) is 106 Å². The number of sulfonamides is 1. The van der Waals surface area contributed by atoms with E-state index in [0.717, 1.165) is 22.6 Å². The lowest BCUT2D eigenvalue weighted by atomic mass is 10.1. The summed E-state index contributed by atoms with van der Waals surface area (Å²) in [7, 11) is -4.45. The van der Waals surface area contributed by atoms with Crippen LogP contribution < -0.4 is 24.2 Å². The molecule has 1 N–H and O–H groups in total. The summed E-state index contributed by atoms with van der Waals surface area (Å²) in [5, 5.41) is -0.00933. The minimum absolute atomic E-state index is 0.0340. The van der Waals surface area contributed by atoms with E-state index in [1.807, 2.05) is 12.1 Å². The van der Waals surface area contributed by atoms with Crippen LogP contribution in [0.15, 0.2) is 83.8 Å². The molecule has 1 atom stereocenters. The summed E-state index contributed by atoms with van der Waals surface area (Å²) in [6.07, 6.45) is 7.80. The number of nitrogens with one attached hydrogen (secondary N) is 1. The Balaban J connectivity index is 1.37. The number of carbonyl (C=O) groups is 3. The lowest BCUT2D eigenvalue weighted by molar-refractivity contribution is -0.126. The molecule has 10 nitrogen and oxygen atoms in total. The first-order chi connectivity index (χ1) is 30.4. The van der Waals surface area contributed by atoms with E-state index in [-0.39, 0.29) is 43.8 Å². The standard InChI is InChI=1S/C48H20Cl4N4O6S/c1-2-3-4-5-6-7-8-9-10-11-12-13-14-15-16-21-30-62-44-27-26-35(63(60,61)53-40-24-19-18-23-36(40)49)31-43(44)56-47(58)45(46(57)54-29-28-34-22-17-20-25-41(34)54)55(48(56)59)42-33-38(51)37(50)32-39(42)52/h1,17-20,22-27,31-33,45,53H,28-29H2. The SMILES string of the molecule is C#CC#CC#CC#CC#CC#CC#CC#CC#COc1ccc(S(=O)(=O)Nc2ccccc2Cl)cc1N1C(=O)C(C(=O)N2CCc3ccccc32)N(c2cc(Cl)c(Cl)cc2Cl)C1=O. The molecule has 2 aliphatic rings.